The first-order chi connectivity index (χ1) is 8.58. The van der Waals surface area contributed by atoms with Gasteiger partial charge in [0.2, 0.25) is 0 Å². The fourth-order valence-electron chi connectivity index (χ4n) is 1.84. The summed E-state index contributed by atoms with van der Waals surface area (Å²) in [5, 5.41) is 9.05. The first kappa shape index (κ1) is 13.1. The number of hydrogen-bond donors (Lipinski definition) is 1. The molecule has 0 atom stereocenters. The predicted octanol–water partition coefficient (Wildman–Crippen LogP) is 4.35. The number of aliphatic hydroxyl groups excluding tert-OH is 1. The summed E-state index contributed by atoms with van der Waals surface area (Å²) in [7, 11) is 0. The van der Waals surface area contributed by atoms with Crippen molar-refractivity contribution in [3.63, 3.8) is 0 Å². The van der Waals surface area contributed by atoms with Crippen molar-refractivity contribution in [2.75, 3.05) is 0 Å². The summed E-state index contributed by atoms with van der Waals surface area (Å²) < 4.78 is 6.68. The fourth-order valence-corrected chi connectivity index (χ4v) is 2.35. The maximum atomic E-state index is 9.05. The summed E-state index contributed by atoms with van der Waals surface area (Å²) >= 11 is 3.45. The monoisotopic (exact) mass is 306 g/mol. The van der Waals surface area contributed by atoms with E-state index < -0.39 is 0 Å². The van der Waals surface area contributed by atoms with Crippen molar-refractivity contribution in [1.29, 1.82) is 0 Å². The maximum Gasteiger partial charge on any atom is 0.141 e. The summed E-state index contributed by atoms with van der Waals surface area (Å²) in [6, 6.07) is 11.7. The van der Waals surface area contributed by atoms with Crippen LogP contribution in [0, 0.1) is 13.8 Å². The van der Waals surface area contributed by atoms with Crippen LogP contribution in [0.3, 0.4) is 0 Å². The fraction of sp³-hybridized carbons (Fsp3) is 0.200. The second-order valence-electron chi connectivity index (χ2n) is 4.35. The Bertz CT molecular complexity index is 544. The van der Waals surface area contributed by atoms with Crippen LogP contribution in [-0.2, 0) is 6.61 Å². The lowest BCUT2D eigenvalue weighted by atomic mass is 10.1. The van der Waals surface area contributed by atoms with Crippen molar-refractivity contribution < 1.29 is 9.84 Å². The van der Waals surface area contributed by atoms with Gasteiger partial charge in [-0.25, -0.2) is 0 Å². The average Bonchev–Trinajstić information content (AvgIpc) is 2.30. The van der Waals surface area contributed by atoms with E-state index in [0.29, 0.717) is 0 Å². The Kier molecular flexibility index (Phi) is 4.04. The molecule has 2 aromatic carbocycles. The van der Waals surface area contributed by atoms with Crippen molar-refractivity contribution in [1.82, 2.24) is 0 Å². The zero-order valence-corrected chi connectivity index (χ0v) is 12.0. The number of aliphatic hydroxyl groups is 1. The Morgan fingerprint density at radius 1 is 1.06 bits per heavy atom. The molecule has 0 amide bonds. The zero-order valence-electron chi connectivity index (χ0n) is 10.4. The maximum absolute atomic E-state index is 9.05. The van der Waals surface area contributed by atoms with Crippen LogP contribution in [0.4, 0.5) is 0 Å². The van der Waals surface area contributed by atoms with E-state index in [4.69, 9.17) is 9.84 Å². The van der Waals surface area contributed by atoms with Crippen LogP contribution in [0.2, 0.25) is 0 Å². The third kappa shape index (κ3) is 3.12. The molecule has 2 nitrogen and oxygen atoms in total. The Balaban J connectivity index is 2.28. The molecule has 0 aliphatic heterocycles. The molecule has 0 unspecified atom stereocenters. The van der Waals surface area contributed by atoms with Gasteiger partial charge in [0.25, 0.3) is 0 Å². The lowest BCUT2D eigenvalue weighted by Gasteiger charge is -2.10. The van der Waals surface area contributed by atoms with E-state index in [2.05, 4.69) is 22.0 Å². The zero-order chi connectivity index (χ0) is 13.1. The SMILES string of the molecule is Cc1cc(C)cc(Oc2ccc(CO)cc2Br)c1. The minimum atomic E-state index is 0.0302. The lowest BCUT2D eigenvalue weighted by Crippen LogP contribution is -1.89. The largest absolute Gasteiger partial charge is 0.456 e. The summed E-state index contributed by atoms with van der Waals surface area (Å²) in [6.07, 6.45) is 0. The number of rotatable bonds is 3. The van der Waals surface area contributed by atoms with Gasteiger partial charge in [-0.05, 0) is 70.7 Å². The van der Waals surface area contributed by atoms with Crippen molar-refractivity contribution >= 4 is 15.9 Å². The van der Waals surface area contributed by atoms with E-state index in [0.717, 1.165) is 21.5 Å². The van der Waals surface area contributed by atoms with Gasteiger partial charge in [0, 0.05) is 0 Å². The molecule has 2 aromatic rings. The normalized spacial score (nSPS) is 10.4. The highest BCUT2D eigenvalue weighted by atomic mass is 79.9. The minimum Gasteiger partial charge on any atom is -0.456 e. The van der Waals surface area contributed by atoms with Crippen LogP contribution in [0.5, 0.6) is 11.5 Å². The summed E-state index contributed by atoms with van der Waals surface area (Å²) in [5.74, 6) is 1.57. The molecule has 0 radical (unpaired) electrons. The molecular weight excluding hydrogens is 292 g/mol. The van der Waals surface area contributed by atoms with Crippen LogP contribution in [0.25, 0.3) is 0 Å². The Labute approximate surface area is 115 Å². The Hall–Kier alpha value is -1.32. The van der Waals surface area contributed by atoms with Gasteiger partial charge in [-0.1, -0.05) is 12.1 Å². The van der Waals surface area contributed by atoms with Crippen molar-refractivity contribution in [2.24, 2.45) is 0 Å². The van der Waals surface area contributed by atoms with E-state index in [1.807, 2.05) is 44.2 Å². The predicted molar refractivity (Wildman–Crippen MR) is 76.1 cm³/mol. The number of halogens is 1. The van der Waals surface area contributed by atoms with Crippen LogP contribution in [-0.4, -0.2) is 5.11 Å². The average molecular weight is 307 g/mol. The molecule has 0 saturated heterocycles. The van der Waals surface area contributed by atoms with Crippen molar-refractivity contribution in [2.45, 2.75) is 20.5 Å². The Morgan fingerprint density at radius 3 is 2.28 bits per heavy atom. The second-order valence-corrected chi connectivity index (χ2v) is 5.20. The molecular formula is C15H15BrO2. The lowest BCUT2D eigenvalue weighted by molar-refractivity contribution is 0.281. The molecule has 0 heterocycles. The molecule has 0 fully saturated rings. The molecule has 0 aliphatic rings. The van der Waals surface area contributed by atoms with Crippen LogP contribution >= 0.6 is 15.9 Å². The van der Waals surface area contributed by atoms with Gasteiger partial charge >= 0.3 is 0 Å². The smallest absolute Gasteiger partial charge is 0.141 e. The molecule has 3 heteroatoms. The van der Waals surface area contributed by atoms with Gasteiger partial charge in [-0.3, -0.25) is 0 Å². The molecule has 2 rings (SSSR count). The number of benzene rings is 2. The highest BCUT2D eigenvalue weighted by Crippen LogP contribution is 2.31. The number of hydrogen-bond acceptors (Lipinski definition) is 2. The number of ether oxygens (including phenoxy) is 1. The van der Waals surface area contributed by atoms with E-state index in [1.165, 1.54) is 11.1 Å². The van der Waals surface area contributed by atoms with Gasteiger partial charge in [0.05, 0.1) is 11.1 Å². The molecule has 0 spiro atoms. The van der Waals surface area contributed by atoms with Gasteiger partial charge < -0.3 is 9.84 Å². The van der Waals surface area contributed by atoms with E-state index >= 15 is 0 Å². The standard InChI is InChI=1S/C15H15BrO2/c1-10-5-11(2)7-13(6-10)18-15-4-3-12(9-17)8-14(15)16/h3-8,17H,9H2,1-2H3. The van der Waals surface area contributed by atoms with Gasteiger partial charge in [0.15, 0.2) is 0 Å². The molecule has 0 aliphatic carbocycles. The van der Waals surface area contributed by atoms with Crippen LogP contribution < -0.4 is 4.74 Å². The molecule has 94 valence electrons. The summed E-state index contributed by atoms with van der Waals surface area (Å²) in [5.41, 5.74) is 3.20. The highest BCUT2D eigenvalue weighted by molar-refractivity contribution is 9.10. The Morgan fingerprint density at radius 2 is 1.72 bits per heavy atom. The summed E-state index contributed by atoms with van der Waals surface area (Å²) in [6.45, 7) is 4.12. The van der Waals surface area contributed by atoms with Crippen LogP contribution in [0.15, 0.2) is 40.9 Å². The topological polar surface area (TPSA) is 29.5 Å². The van der Waals surface area contributed by atoms with E-state index in [1.54, 1.807) is 0 Å². The minimum absolute atomic E-state index is 0.0302. The quantitative estimate of drug-likeness (QED) is 0.913. The van der Waals surface area contributed by atoms with Crippen molar-refractivity contribution in [3.8, 4) is 11.5 Å². The number of aryl methyl sites for hydroxylation is 2. The van der Waals surface area contributed by atoms with Crippen LogP contribution in [0.1, 0.15) is 16.7 Å². The molecule has 0 saturated carbocycles. The van der Waals surface area contributed by atoms with Gasteiger partial charge in [-0.15, -0.1) is 0 Å². The molecule has 18 heavy (non-hydrogen) atoms. The first-order valence-corrected chi connectivity index (χ1v) is 6.53. The van der Waals surface area contributed by atoms with Gasteiger partial charge in [0.1, 0.15) is 11.5 Å². The molecule has 0 bridgehead atoms. The van der Waals surface area contributed by atoms with E-state index in [9.17, 15) is 0 Å². The third-order valence-electron chi connectivity index (χ3n) is 2.60. The highest BCUT2D eigenvalue weighted by Gasteiger charge is 2.05. The van der Waals surface area contributed by atoms with Gasteiger partial charge in [-0.2, -0.15) is 0 Å². The molecule has 1 N–H and O–H groups in total. The summed E-state index contributed by atoms with van der Waals surface area (Å²) in [4.78, 5) is 0. The third-order valence-corrected chi connectivity index (χ3v) is 3.22. The molecule has 0 aromatic heterocycles. The van der Waals surface area contributed by atoms with Crippen molar-refractivity contribution in [3.05, 3.63) is 57.6 Å². The second kappa shape index (κ2) is 5.55. The first-order valence-electron chi connectivity index (χ1n) is 5.74. The van der Waals surface area contributed by atoms with E-state index in [-0.39, 0.29) is 6.61 Å².